The molecule has 0 saturated heterocycles. The summed E-state index contributed by atoms with van der Waals surface area (Å²) in [5, 5.41) is 3.31. The number of rotatable bonds is 4. The smallest absolute Gasteiger partial charge is 0.255 e. The third-order valence-corrected chi connectivity index (χ3v) is 5.35. The van der Waals surface area contributed by atoms with Crippen LogP contribution in [0, 0.1) is 5.41 Å². The molecule has 2 rings (SSSR count). The topological polar surface area (TPSA) is 55.4 Å². The number of carbonyl (C=O) groups is 2. The van der Waals surface area contributed by atoms with Crippen molar-refractivity contribution in [3.63, 3.8) is 0 Å². The van der Waals surface area contributed by atoms with Gasteiger partial charge in [0.15, 0.2) is 10.9 Å². The number of benzene rings is 2. The lowest BCUT2D eigenvalue weighted by Gasteiger charge is -2.17. The van der Waals surface area contributed by atoms with Gasteiger partial charge in [-0.2, -0.15) is 0 Å². The Balaban J connectivity index is 2.26. The molecule has 0 heterocycles. The predicted octanol–water partition coefficient (Wildman–Crippen LogP) is 5.92. The Morgan fingerprint density at radius 1 is 1.08 bits per heavy atom. The minimum atomic E-state index is -0.487. The number of ether oxygens (including phenoxy) is 1. The fourth-order valence-corrected chi connectivity index (χ4v) is 3.52. The first kappa shape index (κ1) is 20.6. The first-order valence-electron chi connectivity index (χ1n) is 7.79. The molecule has 0 fully saturated rings. The zero-order valence-electron chi connectivity index (χ0n) is 14.9. The zero-order chi connectivity index (χ0) is 19.5. The van der Waals surface area contributed by atoms with Crippen molar-refractivity contribution >= 4 is 51.7 Å². The molecule has 0 aliphatic carbocycles. The van der Waals surface area contributed by atoms with Crippen molar-refractivity contribution < 1.29 is 14.3 Å². The summed E-state index contributed by atoms with van der Waals surface area (Å²) in [6, 6.07) is 10.1. The number of thioether (sulfide) groups is 1. The van der Waals surface area contributed by atoms with Crippen LogP contribution in [0.25, 0.3) is 0 Å². The van der Waals surface area contributed by atoms with Crippen LogP contribution in [0.2, 0.25) is 10.0 Å². The van der Waals surface area contributed by atoms with Crippen LogP contribution in [0.15, 0.2) is 41.3 Å². The molecule has 138 valence electrons. The summed E-state index contributed by atoms with van der Waals surface area (Å²) < 4.78 is 5.09. The van der Waals surface area contributed by atoms with Gasteiger partial charge in [0.05, 0.1) is 22.8 Å². The van der Waals surface area contributed by atoms with Gasteiger partial charge >= 0.3 is 0 Å². The largest absolute Gasteiger partial charge is 0.494 e. The van der Waals surface area contributed by atoms with Crippen LogP contribution in [0.5, 0.6) is 5.75 Å². The molecule has 26 heavy (non-hydrogen) atoms. The van der Waals surface area contributed by atoms with Gasteiger partial charge in [-0.15, -0.1) is 0 Å². The van der Waals surface area contributed by atoms with Crippen molar-refractivity contribution in [3.05, 3.63) is 52.0 Å². The molecular formula is C19H19Cl2NO3S. The first-order valence-corrected chi connectivity index (χ1v) is 9.36. The van der Waals surface area contributed by atoms with Crippen LogP contribution >= 0.6 is 35.0 Å². The SMILES string of the molecule is COc1c(Cl)cc(C(=O)Nc2ccccc2SC(=O)C(C)(C)C)cc1Cl. The molecule has 0 aromatic heterocycles. The van der Waals surface area contributed by atoms with Gasteiger partial charge in [-0.05, 0) is 36.0 Å². The maximum atomic E-state index is 12.6. The van der Waals surface area contributed by atoms with E-state index in [1.807, 2.05) is 26.8 Å². The van der Waals surface area contributed by atoms with E-state index in [4.69, 9.17) is 27.9 Å². The number of hydrogen-bond donors (Lipinski definition) is 1. The maximum Gasteiger partial charge on any atom is 0.255 e. The van der Waals surface area contributed by atoms with Gasteiger partial charge in [0.2, 0.25) is 0 Å². The number of carbonyl (C=O) groups excluding carboxylic acids is 2. The highest BCUT2D eigenvalue weighted by molar-refractivity contribution is 8.13. The van der Waals surface area contributed by atoms with Crippen molar-refractivity contribution in [1.29, 1.82) is 0 Å². The van der Waals surface area contributed by atoms with Crippen LogP contribution in [0.4, 0.5) is 5.69 Å². The summed E-state index contributed by atoms with van der Waals surface area (Å²) in [5.74, 6) is -0.0654. The lowest BCUT2D eigenvalue weighted by Crippen LogP contribution is -2.17. The molecule has 0 unspecified atom stereocenters. The number of anilines is 1. The first-order chi connectivity index (χ1) is 12.1. The van der Waals surface area contributed by atoms with E-state index in [1.165, 1.54) is 19.2 Å². The molecule has 0 atom stereocenters. The molecule has 2 aromatic rings. The van der Waals surface area contributed by atoms with Crippen LogP contribution in [0.3, 0.4) is 0 Å². The molecular weight excluding hydrogens is 393 g/mol. The Kier molecular flexibility index (Phi) is 6.61. The Bertz CT molecular complexity index is 824. The van der Waals surface area contributed by atoms with E-state index in [1.54, 1.807) is 18.2 Å². The summed E-state index contributed by atoms with van der Waals surface area (Å²) in [4.78, 5) is 25.6. The molecule has 2 aromatic carbocycles. The quantitative estimate of drug-likeness (QED) is 0.634. The second-order valence-electron chi connectivity index (χ2n) is 6.56. The maximum absolute atomic E-state index is 12.6. The molecule has 0 saturated carbocycles. The number of hydrogen-bond acceptors (Lipinski definition) is 4. The van der Waals surface area contributed by atoms with E-state index in [2.05, 4.69) is 5.32 Å². The van der Waals surface area contributed by atoms with Crippen LogP contribution in [0.1, 0.15) is 31.1 Å². The summed E-state index contributed by atoms with van der Waals surface area (Å²) in [7, 11) is 1.45. The van der Waals surface area contributed by atoms with E-state index < -0.39 is 5.41 Å². The van der Waals surface area contributed by atoms with Crippen molar-refractivity contribution in [2.24, 2.45) is 5.41 Å². The third kappa shape index (κ3) is 4.93. The third-order valence-electron chi connectivity index (χ3n) is 3.41. The van der Waals surface area contributed by atoms with E-state index >= 15 is 0 Å². The summed E-state index contributed by atoms with van der Waals surface area (Å²) in [6.07, 6.45) is 0. The summed E-state index contributed by atoms with van der Waals surface area (Å²) in [6.45, 7) is 5.56. The van der Waals surface area contributed by atoms with Gasteiger partial charge in [-0.3, -0.25) is 9.59 Å². The van der Waals surface area contributed by atoms with Gasteiger partial charge in [-0.25, -0.2) is 0 Å². The molecule has 0 bridgehead atoms. The van der Waals surface area contributed by atoms with Gasteiger partial charge in [0.1, 0.15) is 0 Å². The van der Waals surface area contributed by atoms with Crippen LogP contribution in [-0.4, -0.2) is 18.1 Å². The van der Waals surface area contributed by atoms with Gasteiger partial charge in [-0.1, -0.05) is 56.1 Å². The number of halogens is 2. The van der Waals surface area contributed by atoms with Crippen LogP contribution in [-0.2, 0) is 4.79 Å². The van der Waals surface area contributed by atoms with E-state index in [9.17, 15) is 9.59 Å². The molecule has 0 spiro atoms. The molecule has 1 amide bonds. The van der Waals surface area contributed by atoms with Crippen molar-refractivity contribution in [3.8, 4) is 5.75 Å². The predicted molar refractivity (Wildman–Crippen MR) is 108 cm³/mol. The second-order valence-corrected chi connectivity index (χ2v) is 8.39. The van der Waals surface area contributed by atoms with Gasteiger partial charge < -0.3 is 10.1 Å². The lowest BCUT2D eigenvalue weighted by molar-refractivity contribution is -0.117. The Morgan fingerprint density at radius 3 is 2.19 bits per heavy atom. The van der Waals surface area contributed by atoms with E-state index in [0.717, 1.165) is 11.8 Å². The number of amides is 1. The summed E-state index contributed by atoms with van der Waals surface area (Å²) >= 11 is 13.3. The lowest BCUT2D eigenvalue weighted by atomic mass is 10.00. The highest BCUT2D eigenvalue weighted by atomic mass is 35.5. The highest BCUT2D eigenvalue weighted by Gasteiger charge is 2.23. The van der Waals surface area contributed by atoms with Crippen molar-refractivity contribution in [2.75, 3.05) is 12.4 Å². The minimum Gasteiger partial charge on any atom is -0.494 e. The van der Waals surface area contributed by atoms with Crippen molar-refractivity contribution in [2.45, 2.75) is 25.7 Å². The van der Waals surface area contributed by atoms with Crippen molar-refractivity contribution in [1.82, 2.24) is 0 Å². The highest BCUT2D eigenvalue weighted by Crippen LogP contribution is 2.36. The Morgan fingerprint density at radius 2 is 1.65 bits per heavy atom. The van der Waals surface area contributed by atoms with E-state index in [-0.39, 0.29) is 21.1 Å². The van der Waals surface area contributed by atoms with E-state index in [0.29, 0.717) is 21.9 Å². The average molecular weight is 412 g/mol. The Hall–Kier alpha value is -1.69. The number of methoxy groups -OCH3 is 1. The molecule has 0 aliphatic rings. The molecule has 1 N–H and O–H groups in total. The number of nitrogens with one attached hydrogen (secondary N) is 1. The fourth-order valence-electron chi connectivity index (χ4n) is 1.99. The standard InChI is InChI=1S/C19H19Cl2NO3S/c1-19(2,3)18(24)26-15-8-6-5-7-14(15)22-17(23)11-9-12(20)16(25-4)13(21)10-11/h5-10H,1-4H3,(H,22,23). The minimum absolute atomic E-state index is 0.00901. The zero-order valence-corrected chi connectivity index (χ0v) is 17.2. The molecule has 0 aliphatic heterocycles. The molecule has 7 heteroatoms. The Labute approximate surface area is 167 Å². The van der Waals surface area contributed by atoms with Gasteiger partial charge in [0.25, 0.3) is 5.91 Å². The van der Waals surface area contributed by atoms with Gasteiger partial charge in [0, 0.05) is 15.9 Å². The second kappa shape index (κ2) is 8.33. The molecule has 4 nitrogen and oxygen atoms in total. The summed E-state index contributed by atoms with van der Waals surface area (Å²) in [5.41, 5.74) is 0.352. The van der Waals surface area contributed by atoms with Crippen LogP contribution < -0.4 is 10.1 Å². The average Bonchev–Trinajstić information content (AvgIpc) is 2.55. The normalized spacial score (nSPS) is 11.2. The molecule has 0 radical (unpaired) electrons. The fraction of sp³-hybridized carbons (Fsp3) is 0.263. The number of para-hydroxylation sites is 1. The monoisotopic (exact) mass is 411 g/mol.